The van der Waals surface area contributed by atoms with E-state index in [0.717, 1.165) is 18.5 Å². The molecule has 0 saturated heterocycles. The third-order valence-electron chi connectivity index (χ3n) is 4.70. The Bertz CT molecular complexity index is 748. The molecule has 1 saturated carbocycles. The first-order valence-corrected chi connectivity index (χ1v) is 8.69. The van der Waals surface area contributed by atoms with Gasteiger partial charge in [-0.15, -0.1) is 0 Å². The topological polar surface area (TPSA) is 78.6 Å². The Hall–Kier alpha value is -2.34. The van der Waals surface area contributed by atoms with E-state index in [9.17, 15) is 15.0 Å². The van der Waals surface area contributed by atoms with Crippen LogP contribution in [-0.2, 0) is 0 Å². The van der Waals surface area contributed by atoms with Gasteiger partial charge in [-0.05, 0) is 42.4 Å². The summed E-state index contributed by atoms with van der Waals surface area (Å²) in [5, 5.41) is 24.4. The van der Waals surface area contributed by atoms with Gasteiger partial charge in [0.2, 0.25) is 0 Å². The highest BCUT2D eigenvalue weighted by Gasteiger charge is 2.32. The van der Waals surface area contributed by atoms with Crippen molar-refractivity contribution in [2.24, 2.45) is 5.92 Å². The van der Waals surface area contributed by atoms with Crippen molar-refractivity contribution < 1.29 is 15.0 Å². The molecule has 1 aromatic heterocycles. The quantitative estimate of drug-likeness (QED) is 0.845. The van der Waals surface area contributed by atoms with Gasteiger partial charge in [-0.1, -0.05) is 26.0 Å². The van der Waals surface area contributed by atoms with Crippen molar-refractivity contribution in [2.75, 3.05) is 13.6 Å². The largest absolute Gasteiger partial charge is 0.504 e. The lowest BCUT2D eigenvalue weighted by molar-refractivity contribution is 0.0637. The molecule has 2 N–H and O–H groups in total. The normalized spacial score (nSPS) is 15.4. The molecular weight excluding hydrogens is 318 g/mol. The van der Waals surface area contributed by atoms with Gasteiger partial charge in [0.1, 0.15) is 0 Å². The molecule has 134 valence electrons. The van der Waals surface area contributed by atoms with Gasteiger partial charge >= 0.3 is 0 Å². The van der Waals surface area contributed by atoms with E-state index >= 15 is 0 Å². The lowest BCUT2D eigenvalue weighted by Crippen LogP contribution is -2.35. The van der Waals surface area contributed by atoms with Crippen LogP contribution in [0.3, 0.4) is 0 Å². The van der Waals surface area contributed by atoms with E-state index in [-0.39, 0.29) is 18.0 Å². The van der Waals surface area contributed by atoms with Crippen molar-refractivity contribution in [3.8, 4) is 11.4 Å². The standard InChI is InChI=1S/C19H25N3O3/c1-12(2)13-6-8-15(9-7-13)22-11-17(24)18(20-22)19(25)21(3)10-16(23)14-4-5-14/h6-9,11-12,14,16,23-24H,4-5,10H2,1-3H3. The van der Waals surface area contributed by atoms with Gasteiger partial charge in [0, 0.05) is 13.6 Å². The van der Waals surface area contributed by atoms with E-state index in [1.165, 1.54) is 21.3 Å². The predicted octanol–water partition coefficient (Wildman–Crippen LogP) is 2.54. The first-order chi connectivity index (χ1) is 11.9. The molecule has 0 radical (unpaired) electrons. The van der Waals surface area contributed by atoms with Crippen molar-refractivity contribution in [3.05, 3.63) is 41.7 Å². The first-order valence-electron chi connectivity index (χ1n) is 8.69. The summed E-state index contributed by atoms with van der Waals surface area (Å²) >= 11 is 0. The van der Waals surface area contributed by atoms with Crippen LogP contribution in [0.2, 0.25) is 0 Å². The highest BCUT2D eigenvalue weighted by atomic mass is 16.3. The summed E-state index contributed by atoms with van der Waals surface area (Å²) in [6.45, 7) is 4.49. The van der Waals surface area contributed by atoms with Crippen LogP contribution < -0.4 is 0 Å². The summed E-state index contributed by atoms with van der Waals surface area (Å²) in [6, 6.07) is 7.85. The summed E-state index contributed by atoms with van der Waals surface area (Å²) in [4.78, 5) is 13.9. The Morgan fingerprint density at radius 2 is 1.96 bits per heavy atom. The van der Waals surface area contributed by atoms with Crippen LogP contribution in [0.15, 0.2) is 30.5 Å². The molecule has 0 bridgehead atoms. The number of hydrogen-bond acceptors (Lipinski definition) is 4. The molecule has 0 spiro atoms. The zero-order valence-corrected chi connectivity index (χ0v) is 14.9. The third kappa shape index (κ3) is 3.85. The summed E-state index contributed by atoms with van der Waals surface area (Å²) in [5.41, 5.74) is 1.99. The average molecular weight is 343 g/mol. The summed E-state index contributed by atoms with van der Waals surface area (Å²) in [6.07, 6.45) is 2.94. The Morgan fingerprint density at radius 3 is 2.52 bits per heavy atom. The highest BCUT2D eigenvalue weighted by molar-refractivity contribution is 5.94. The van der Waals surface area contributed by atoms with Crippen LogP contribution in [0, 0.1) is 5.92 Å². The number of aromatic nitrogens is 2. The minimum atomic E-state index is -0.512. The monoisotopic (exact) mass is 343 g/mol. The van der Waals surface area contributed by atoms with Crippen molar-refractivity contribution >= 4 is 5.91 Å². The molecule has 6 nitrogen and oxygen atoms in total. The fraction of sp³-hybridized carbons (Fsp3) is 0.474. The molecule has 3 rings (SSSR count). The Labute approximate surface area is 147 Å². The van der Waals surface area contributed by atoms with Crippen LogP contribution in [0.1, 0.15) is 48.7 Å². The molecule has 1 fully saturated rings. The van der Waals surface area contributed by atoms with Crippen LogP contribution in [-0.4, -0.2) is 50.5 Å². The Kier molecular flexibility index (Phi) is 4.81. The van der Waals surface area contributed by atoms with Crippen LogP contribution in [0.25, 0.3) is 5.69 Å². The second kappa shape index (κ2) is 6.88. The van der Waals surface area contributed by atoms with Gasteiger partial charge in [-0.2, -0.15) is 5.10 Å². The molecule has 1 aliphatic rings. The minimum absolute atomic E-state index is 0.00145. The number of aromatic hydroxyl groups is 1. The lowest BCUT2D eigenvalue weighted by Gasteiger charge is -2.19. The third-order valence-corrected chi connectivity index (χ3v) is 4.70. The molecule has 1 amide bonds. The zero-order valence-electron chi connectivity index (χ0n) is 14.9. The fourth-order valence-corrected chi connectivity index (χ4v) is 2.84. The van der Waals surface area contributed by atoms with E-state index in [1.54, 1.807) is 7.05 Å². The van der Waals surface area contributed by atoms with Gasteiger partial charge in [0.25, 0.3) is 5.91 Å². The average Bonchev–Trinajstić information content (AvgIpc) is 3.37. The number of likely N-dealkylation sites (N-methyl/N-ethyl adjacent to an activating group) is 1. The number of nitrogens with zero attached hydrogens (tertiary/aromatic N) is 3. The smallest absolute Gasteiger partial charge is 0.278 e. The van der Waals surface area contributed by atoms with E-state index in [2.05, 4.69) is 18.9 Å². The Balaban J connectivity index is 1.75. The summed E-state index contributed by atoms with van der Waals surface area (Å²) in [7, 11) is 1.61. The number of hydrogen-bond donors (Lipinski definition) is 2. The Morgan fingerprint density at radius 1 is 1.32 bits per heavy atom. The first kappa shape index (κ1) is 17.5. The van der Waals surface area contributed by atoms with Crippen LogP contribution in [0.4, 0.5) is 0 Å². The van der Waals surface area contributed by atoms with E-state index in [4.69, 9.17) is 0 Å². The van der Waals surface area contributed by atoms with Crippen molar-refractivity contribution in [1.82, 2.24) is 14.7 Å². The molecule has 1 aliphatic carbocycles. The van der Waals surface area contributed by atoms with Crippen molar-refractivity contribution in [3.63, 3.8) is 0 Å². The zero-order chi connectivity index (χ0) is 18.1. The van der Waals surface area contributed by atoms with Gasteiger partial charge in [0.15, 0.2) is 11.4 Å². The molecule has 1 heterocycles. The van der Waals surface area contributed by atoms with E-state index in [1.807, 2.05) is 24.3 Å². The number of carbonyl (C=O) groups is 1. The molecule has 6 heteroatoms. The molecule has 2 aromatic rings. The molecule has 1 unspecified atom stereocenters. The predicted molar refractivity (Wildman–Crippen MR) is 95.0 cm³/mol. The summed E-state index contributed by atoms with van der Waals surface area (Å²) in [5.74, 6) is 0.171. The number of aliphatic hydroxyl groups excluding tert-OH is 1. The van der Waals surface area contributed by atoms with Crippen molar-refractivity contribution in [2.45, 2.75) is 38.7 Å². The number of carbonyl (C=O) groups excluding carboxylic acids is 1. The summed E-state index contributed by atoms with van der Waals surface area (Å²) < 4.78 is 1.50. The lowest BCUT2D eigenvalue weighted by atomic mass is 10.0. The maximum absolute atomic E-state index is 12.5. The molecule has 1 aromatic carbocycles. The molecule has 0 aliphatic heterocycles. The number of benzene rings is 1. The van der Waals surface area contributed by atoms with Gasteiger partial charge in [-0.25, -0.2) is 4.68 Å². The van der Waals surface area contributed by atoms with Gasteiger partial charge in [0.05, 0.1) is 18.0 Å². The van der Waals surface area contributed by atoms with E-state index in [0.29, 0.717) is 11.8 Å². The molecular formula is C19H25N3O3. The highest BCUT2D eigenvalue weighted by Crippen LogP contribution is 2.33. The van der Waals surface area contributed by atoms with Gasteiger partial charge < -0.3 is 15.1 Å². The fourth-order valence-electron chi connectivity index (χ4n) is 2.84. The molecule has 1 atom stereocenters. The molecule has 25 heavy (non-hydrogen) atoms. The second-order valence-electron chi connectivity index (χ2n) is 7.14. The van der Waals surface area contributed by atoms with Gasteiger partial charge in [-0.3, -0.25) is 4.79 Å². The minimum Gasteiger partial charge on any atom is -0.504 e. The second-order valence-corrected chi connectivity index (χ2v) is 7.14. The van der Waals surface area contributed by atoms with E-state index < -0.39 is 12.0 Å². The number of amides is 1. The van der Waals surface area contributed by atoms with Crippen molar-refractivity contribution in [1.29, 1.82) is 0 Å². The van der Waals surface area contributed by atoms with Crippen LogP contribution in [0.5, 0.6) is 5.75 Å². The number of aliphatic hydroxyl groups is 1. The maximum Gasteiger partial charge on any atom is 0.278 e. The van der Waals surface area contributed by atoms with Crippen LogP contribution >= 0.6 is 0 Å². The number of rotatable bonds is 6. The SMILES string of the molecule is CC(C)c1ccc(-n2cc(O)c(C(=O)N(C)CC(O)C3CC3)n2)cc1. The maximum atomic E-state index is 12.5.